The molecule has 1 fully saturated rings. The molecule has 122 valence electrons. The lowest BCUT2D eigenvalue weighted by Crippen LogP contribution is -2.40. The van der Waals surface area contributed by atoms with Gasteiger partial charge in [-0.1, -0.05) is 6.07 Å². The molecule has 1 aliphatic heterocycles. The zero-order chi connectivity index (χ0) is 16.2. The topological polar surface area (TPSA) is 70.4 Å². The molecule has 3 rings (SSSR count). The summed E-state index contributed by atoms with van der Waals surface area (Å²) in [5.74, 6) is 0.224. The fourth-order valence-electron chi connectivity index (χ4n) is 2.96. The molecule has 2 N–H and O–H groups in total. The maximum Gasteiger partial charge on any atom is 0.253 e. The van der Waals surface area contributed by atoms with Crippen molar-refractivity contribution in [1.82, 2.24) is 14.7 Å². The van der Waals surface area contributed by atoms with Gasteiger partial charge >= 0.3 is 0 Å². The number of piperidine rings is 1. The van der Waals surface area contributed by atoms with Crippen LogP contribution in [0, 0.1) is 5.92 Å². The molecule has 6 nitrogen and oxygen atoms in total. The number of anilines is 2. The second-order valence-corrected chi connectivity index (χ2v) is 6.05. The van der Waals surface area contributed by atoms with Crippen LogP contribution in [0.2, 0.25) is 0 Å². The molecule has 1 aliphatic rings. The van der Waals surface area contributed by atoms with Crippen LogP contribution in [0.25, 0.3) is 0 Å². The summed E-state index contributed by atoms with van der Waals surface area (Å²) in [4.78, 5) is 14.5. The number of aliphatic hydroxyl groups excluding tert-OH is 1. The summed E-state index contributed by atoms with van der Waals surface area (Å²) in [6.45, 7) is 1.54. The van der Waals surface area contributed by atoms with Crippen LogP contribution in [0.1, 0.15) is 23.2 Å². The summed E-state index contributed by atoms with van der Waals surface area (Å²) >= 11 is 0. The smallest absolute Gasteiger partial charge is 0.253 e. The Morgan fingerprint density at radius 3 is 3.04 bits per heavy atom. The first kappa shape index (κ1) is 15.6. The van der Waals surface area contributed by atoms with Gasteiger partial charge in [0.25, 0.3) is 5.91 Å². The molecule has 1 aromatic heterocycles. The van der Waals surface area contributed by atoms with Crippen LogP contribution < -0.4 is 5.32 Å². The van der Waals surface area contributed by atoms with Crippen molar-refractivity contribution in [3.63, 3.8) is 0 Å². The summed E-state index contributed by atoms with van der Waals surface area (Å²) in [5, 5.41) is 16.7. The molecule has 0 aliphatic carbocycles. The van der Waals surface area contributed by atoms with Gasteiger partial charge in [-0.3, -0.25) is 9.48 Å². The van der Waals surface area contributed by atoms with E-state index in [4.69, 9.17) is 0 Å². The number of nitrogens with one attached hydrogen (secondary N) is 1. The SMILES string of the molecule is Cn1cc(Nc2cccc(C(=O)N3CCCC(CO)C3)c2)cn1. The highest BCUT2D eigenvalue weighted by atomic mass is 16.3. The Bertz CT molecular complexity index is 683. The molecular weight excluding hydrogens is 292 g/mol. The Labute approximate surface area is 135 Å². The van der Waals surface area contributed by atoms with E-state index in [2.05, 4.69) is 10.4 Å². The summed E-state index contributed by atoms with van der Waals surface area (Å²) in [6, 6.07) is 7.49. The normalized spacial score (nSPS) is 18.0. The Kier molecular flexibility index (Phi) is 4.62. The van der Waals surface area contributed by atoms with Crippen molar-refractivity contribution < 1.29 is 9.90 Å². The first-order valence-corrected chi connectivity index (χ1v) is 7.91. The minimum absolute atomic E-state index is 0.0259. The molecule has 6 heteroatoms. The third-order valence-corrected chi connectivity index (χ3v) is 4.17. The van der Waals surface area contributed by atoms with Crippen LogP contribution in [0.5, 0.6) is 0 Å². The van der Waals surface area contributed by atoms with E-state index < -0.39 is 0 Å². The molecule has 2 heterocycles. The number of hydrogen-bond acceptors (Lipinski definition) is 4. The Morgan fingerprint density at radius 2 is 2.30 bits per heavy atom. The largest absolute Gasteiger partial charge is 0.396 e. The summed E-state index contributed by atoms with van der Waals surface area (Å²) in [5.41, 5.74) is 2.41. The van der Waals surface area contributed by atoms with Gasteiger partial charge in [-0.05, 0) is 37.0 Å². The summed E-state index contributed by atoms with van der Waals surface area (Å²) in [6.07, 6.45) is 5.56. The predicted octanol–water partition coefficient (Wildman–Crippen LogP) is 2.01. The molecule has 0 saturated carbocycles. The highest BCUT2D eigenvalue weighted by Crippen LogP contribution is 2.21. The van der Waals surface area contributed by atoms with Crippen molar-refractivity contribution in [2.75, 3.05) is 25.0 Å². The van der Waals surface area contributed by atoms with E-state index >= 15 is 0 Å². The lowest BCUT2D eigenvalue weighted by Gasteiger charge is -2.32. The van der Waals surface area contributed by atoms with Gasteiger partial charge in [0.2, 0.25) is 0 Å². The fraction of sp³-hybridized carbons (Fsp3) is 0.412. The second-order valence-electron chi connectivity index (χ2n) is 6.05. The zero-order valence-corrected chi connectivity index (χ0v) is 13.3. The Hall–Kier alpha value is -2.34. The number of amides is 1. The van der Waals surface area contributed by atoms with Crippen LogP contribution in [0.3, 0.4) is 0 Å². The number of rotatable bonds is 4. The van der Waals surface area contributed by atoms with E-state index in [1.807, 2.05) is 42.4 Å². The summed E-state index contributed by atoms with van der Waals surface area (Å²) < 4.78 is 1.72. The van der Waals surface area contributed by atoms with Crippen LogP contribution in [0.15, 0.2) is 36.7 Å². The first-order chi connectivity index (χ1) is 11.2. The molecule has 1 atom stereocenters. The number of aliphatic hydroxyl groups is 1. The molecule has 1 aromatic carbocycles. The van der Waals surface area contributed by atoms with Crippen LogP contribution in [0.4, 0.5) is 11.4 Å². The number of nitrogens with zero attached hydrogens (tertiary/aromatic N) is 3. The lowest BCUT2D eigenvalue weighted by molar-refractivity contribution is 0.0621. The number of aromatic nitrogens is 2. The quantitative estimate of drug-likeness (QED) is 0.905. The highest BCUT2D eigenvalue weighted by Gasteiger charge is 2.24. The third kappa shape index (κ3) is 3.71. The van der Waals surface area contributed by atoms with E-state index in [-0.39, 0.29) is 18.4 Å². The predicted molar refractivity (Wildman–Crippen MR) is 88.6 cm³/mol. The van der Waals surface area contributed by atoms with Crippen molar-refractivity contribution in [2.24, 2.45) is 13.0 Å². The summed E-state index contributed by atoms with van der Waals surface area (Å²) in [7, 11) is 1.86. The maximum absolute atomic E-state index is 12.7. The van der Waals surface area contributed by atoms with Gasteiger partial charge in [0.15, 0.2) is 0 Å². The molecule has 0 bridgehead atoms. The number of benzene rings is 1. The molecular formula is C17H22N4O2. The van der Waals surface area contributed by atoms with Crippen molar-refractivity contribution in [3.05, 3.63) is 42.2 Å². The van der Waals surface area contributed by atoms with Crippen LogP contribution in [-0.4, -0.2) is 45.4 Å². The van der Waals surface area contributed by atoms with E-state index in [0.29, 0.717) is 12.1 Å². The minimum Gasteiger partial charge on any atom is -0.396 e. The zero-order valence-electron chi connectivity index (χ0n) is 13.3. The maximum atomic E-state index is 12.7. The van der Waals surface area contributed by atoms with E-state index in [0.717, 1.165) is 30.8 Å². The standard InChI is InChI=1S/C17H22N4O2/c1-20-11-16(9-18-20)19-15-6-2-5-14(8-15)17(23)21-7-3-4-13(10-21)12-22/h2,5-6,8-9,11,13,19,22H,3-4,7,10,12H2,1H3. The number of likely N-dealkylation sites (tertiary alicyclic amines) is 1. The number of aryl methyl sites for hydroxylation is 1. The molecule has 2 aromatic rings. The van der Waals surface area contributed by atoms with E-state index in [9.17, 15) is 9.90 Å². The minimum atomic E-state index is 0.0259. The van der Waals surface area contributed by atoms with Gasteiger partial charge in [0.1, 0.15) is 0 Å². The van der Waals surface area contributed by atoms with Gasteiger partial charge in [-0.25, -0.2) is 0 Å². The number of hydrogen-bond donors (Lipinski definition) is 2. The van der Waals surface area contributed by atoms with Crippen molar-refractivity contribution in [1.29, 1.82) is 0 Å². The number of carbonyl (C=O) groups excluding carboxylic acids is 1. The van der Waals surface area contributed by atoms with Gasteiger partial charge in [-0.15, -0.1) is 0 Å². The lowest BCUT2D eigenvalue weighted by atomic mass is 9.98. The average molecular weight is 314 g/mol. The molecule has 1 amide bonds. The first-order valence-electron chi connectivity index (χ1n) is 7.91. The second kappa shape index (κ2) is 6.83. The Morgan fingerprint density at radius 1 is 1.43 bits per heavy atom. The van der Waals surface area contributed by atoms with Crippen molar-refractivity contribution >= 4 is 17.3 Å². The Balaban J connectivity index is 1.72. The van der Waals surface area contributed by atoms with E-state index in [1.54, 1.807) is 10.9 Å². The molecule has 0 spiro atoms. The van der Waals surface area contributed by atoms with Gasteiger partial charge in [-0.2, -0.15) is 5.10 Å². The number of carbonyl (C=O) groups is 1. The molecule has 1 saturated heterocycles. The monoisotopic (exact) mass is 314 g/mol. The molecule has 1 unspecified atom stereocenters. The van der Waals surface area contributed by atoms with Crippen LogP contribution >= 0.6 is 0 Å². The molecule has 23 heavy (non-hydrogen) atoms. The van der Waals surface area contributed by atoms with Gasteiger partial charge < -0.3 is 15.3 Å². The average Bonchev–Trinajstić information content (AvgIpc) is 2.99. The van der Waals surface area contributed by atoms with Crippen molar-refractivity contribution in [2.45, 2.75) is 12.8 Å². The van der Waals surface area contributed by atoms with E-state index in [1.165, 1.54) is 0 Å². The van der Waals surface area contributed by atoms with Crippen LogP contribution in [-0.2, 0) is 7.05 Å². The molecule has 0 radical (unpaired) electrons. The van der Waals surface area contributed by atoms with Gasteiger partial charge in [0.05, 0.1) is 11.9 Å². The fourth-order valence-corrected chi connectivity index (χ4v) is 2.96. The van der Waals surface area contributed by atoms with Gasteiger partial charge in [0, 0.05) is 44.2 Å². The third-order valence-electron chi connectivity index (χ3n) is 4.17. The van der Waals surface area contributed by atoms with Crippen molar-refractivity contribution in [3.8, 4) is 0 Å². The highest BCUT2D eigenvalue weighted by molar-refractivity contribution is 5.95.